The molecule has 0 aliphatic rings. The number of carbonyl (C=O) groups excluding carboxylic acids is 1. The molecule has 0 heterocycles. The summed E-state index contributed by atoms with van der Waals surface area (Å²) < 4.78 is 37.1. The smallest absolute Gasteiger partial charge is 0.399 e. The number of carbonyl (C=O) groups is 1. The van der Waals surface area contributed by atoms with Crippen molar-refractivity contribution in [2.75, 3.05) is 11.1 Å². The fourth-order valence-electron chi connectivity index (χ4n) is 1.08. The first kappa shape index (κ1) is 12.1. The highest BCUT2D eigenvalue weighted by molar-refractivity contribution is 5.99. The highest BCUT2D eigenvalue weighted by atomic mass is 19.4. The fourth-order valence-corrected chi connectivity index (χ4v) is 1.08. The quantitative estimate of drug-likeness (QED) is 0.605. The third-order valence-corrected chi connectivity index (χ3v) is 1.74. The van der Waals surface area contributed by atoms with Gasteiger partial charge >= 0.3 is 6.18 Å². The number of anilines is 2. The van der Waals surface area contributed by atoms with Crippen molar-refractivity contribution in [1.29, 1.82) is 0 Å². The van der Waals surface area contributed by atoms with Gasteiger partial charge in [0.15, 0.2) is 0 Å². The van der Waals surface area contributed by atoms with Crippen molar-refractivity contribution in [2.24, 2.45) is 0 Å². The molecule has 0 aliphatic carbocycles. The van der Waals surface area contributed by atoms with Crippen LogP contribution < -0.4 is 11.1 Å². The lowest BCUT2D eigenvalue weighted by Gasteiger charge is -2.10. The molecule has 0 atom stereocenters. The maximum absolute atomic E-state index is 12.4. The van der Waals surface area contributed by atoms with Crippen LogP contribution in [0.5, 0.6) is 0 Å². The summed E-state index contributed by atoms with van der Waals surface area (Å²) in [6.07, 6.45) is -3.54. The second kappa shape index (κ2) is 4.26. The highest BCUT2D eigenvalue weighted by Crippen LogP contribution is 2.32. The molecule has 0 saturated heterocycles. The predicted molar refractivity (Wildman–Crippen MR) is 54.7 cm³/mol. The number of amides is 1. The number of rotatable bonds is 2. The molecule has 0 unspecified atom stereocenters. The summed E-state index contributed by atoms with van der Waals surface area (Å²) in [6.45, 7) is 3.18. The molecule has 0 spiro atoms. The van der Waals surface area contributed by atoms with Gasteiger partial charge in [-0.3, -0.25) is 4.79 Å². The predicted octanol–water partition coefficient (Wildman–Crippen LogP) is 2.41. The van der Waals surface area contributed by atoms with E-state index < -0.39 is 17.6 Å². The molecule has 0 bridgehead atoms. The van der Waals surface area contributed by atoms with Crippen LogP contribution in [0.3, 0.4) is 0 Å². The van der Waals surface area contributed by atoms with Crippen molar-refractivity contribution < 1.29 is 18.0 Å². The zero-order valence-electron chi connectivity index (χ0n) is 8.14. The van der Waals surface area contributed by atoms with E-state index in [4.69, 9.17) is 5.73 Å². The van der Waals surface area contributed by atoms with Crippen LogP contribution in [-0.2, 0) is 11.0 Å². The van der Waals surface area contributed by atoms with E-state index in [0.717, 1.165) is 18.2 Å². The largest absolute Gasteiger partial charge is 0.416 e. The molecule has 1 amide bonds. The van der Waals surface area contributed by atoms with Gasteiger partial charge in [-0.05, 0) is 24.3 Å². The van der Waals surface area contributed by atoms with E-state index in [9.17, 15) is 18.0 Å². The Hall–Kier alpha value is -1.98. The van der Waals surface area contributed by atoms with E-state index in [1.807, 2.05) is 0 Å². The second-order valence-electron chi connectivity index (χ2n) is 3.03. The monoisotopic (exact) mass is 230 g/mol. The molecule has 0 aromatic heterocycles. The average Bonchev–Trinajstić information content (AvgIpc) is 2.15. The Morgan fingerprint density at radius 1 is 1.38 bits per heavy atom. The van der Waals surface area contributed by atoms with Gasteiger partial charge in [-0.1, -0.05) is 6.58 Å². The minimum atomic E-state index is -4.50. The van der Waals surface area contributed by atoms with Crippen LogP contribution >= 0.6 is 0 Å². The number of alkyl halides is 3. The Bertz CT molecular complexity index is 427. The lowest BCUT2D eigenvalue weighted by molar-refractivity contribution is -0.137. The highest BCUT2D eigenvalue weighted by Gasteiger charge is 2.31. The van der Waals surface area contributed by atoms with Crippen molar-refractivity contribution in [3.63, 3.8) is 0 Å². The lowest BCUT2D eigenvalue weighted by Crippen LogP contribution is -2.11. The normalized spacial score (nSPS) is 10.9. The number of nitrogen functional groups attached to an aromatic ring is 1. The molecule has 1 aromatic rings. The van der Waals surface area contributed by atoms with E-state index in [2.05, 4.69) is 11.9 Å². The van der Waals surface area contributed by atoms with E-state index in [0.29, 0.717) is 0 Å². The minimum Gasteiger partial charge on any atom is -0.399 e. The molecule has 0 aliphatic heterocycles. The van der Waals surface area contributed by atoms with E-state index in [-0.39, 0.29) is 11.4 Å². The van der Waals surface area contributed by atoms with Gasteiger partial charge in [0.25, 0.3) is 0 Å². The Morgan fingerprint density at radius 3 is 2.50 bits per heavy atom. The zero-order valence-corrected chi connectivity index (χ0v) is 8.14. The van der Waals surface area contributed by atoms with Crippen LogP contribution in [0.4, 0.5) is 24.5 Å². The minimum absolute atomic E-state index is 0.0165. The van der Waals surface area contributed by atoms with Gasteiger partial charge < -0.3 is 11.1 Å². The first-order chi connectivity index (χ1) is 7.32. The molecule has 0 radical (unpaired) electrons. The molecule has 6 heteroatoms. The summed E-state index contributed by atoms with van der Waals surface area (Å²) in [4.78, 5) is 10.9. The summed E-state index contributed by atoms with van der Waals surface area (Å²) >= 11 is 0. The summed E-state index contributed by atoms with van der Waals surface area (Å²) in [5, 5.41) is 2.21. The maximum atomic E-state index is 12.4. The SMILES string of the molecule is C=CC(=O)Nc1cc(N)cc(C(F)(F)F)c1. The van der Waals surface area contributed by atoms with Gasteiger partial charge in [0.05, 0.1) is 5.56 Å². The summed E-state index contributed by atoms with van der Waals surface area (Å²) in [6, 6.07) is 2.83. The molecule has 3 nitrogen and oxygen atoms in total. The van der Waals surface area contributed by atoms with Gasteiger partial charge in [0.2, 0.25) is 5.91 Å². The van der Waals surface area contributed by atoms with Crippen LogP contribution in [-0.4, -0.2) is 5.91 Å². The van der Waals surface area contributed by atoms with Crippen molar-refractivity contribution in [1.82, 2.24) is 0 Å². The van der Waals surface area contributed by atoms with Crippen LogP contribution in [0.1, 0.15) is 5.56 Å². The van der Waals surface area contributed by atoms with Crippen LogP contribution in [0.25, 0.3) is 0 Å². The van der Waals surface area contributed by atoms with Gasteiger partial charge in [-0.15, -0.1) is 0 Å². The summed E-state index contributed by atoms with van der Waals surface area (Å²) in [5.74, 6) is -0.598. The van der Waals surface area contributed by atoms with E-state index >= 15 is 0 Å². The van der Waals surface area contributed by atoms with E-state index in [1.54, 1.807) is 0 Å². The Kier molecular flexibility index (Phi) is 3.22. The van der Waals surface area contributed by atoms with Crippen LogP contribution in [0, 0.1) is 0 Å². The van der Waals surface area contributed by atoms with Gasteiger partial charge in [0.1, 0.15) is 0 Å². The molecule has 86 valence electrons. The number of hydrogen-bond donors (Lipinski definition) is 2. The molecule has 0 fully saturated rings. The molecule has 3 N–H and O–H groups in total. The first-order valence-electron chi connectivity index (χ1n) is 4.24. The van der Waals surface area contributed by atoms with E-state index in [1.165, 1.54) is 6.07 Å². The Morgan fingerprint density at radius 2 is 2.00 bits per heavy atom. The first-order valence-corrected chi connectivity index (χ1v) is 4.24. The molecule has 16 heavy (non-hydrogen) atoms. The average molecular weight is 230 g/mol. The number of hydrogen-bond acceptors (Lipinski definition) is 2. The molecule has 1 rings (SSSR count). The summed E-state index contributed by atoms with van der Waals surface area (Å²) in [5.41, 5.74) is 4.29. The number of nitrogens with one attached hydrogen (secondary N) is 1. The number of halogens is 3. The number of nitrogens with two attached hydrogens (primary N) is 1. The van der Waals surface area contributed by atoms with Crippen molar-refractivity contribution >= 4 is 17.3 Å². The van der Waals surface area contributed by atoms with Crippen molar-refractivity contribution in [3.05, 3.63) is 36.4 Å². The molecular formula is C10H9F3N2O. The fraction of sp³-hybridized carbons (Fsp3) is 0.100. The van der Waals surface area contributed by atoms with Crippen LogP contribution in [0.2, 0.25) is 0 Å². The van der Waals surface area contributed by atoms with Gasteiger partial charge in [-0.2, -0.15) is 13.2 Å². The third kappa shape index (κ3) is 3.01. The third-order valence-electron chi connectivity index (χ3n) is 1.74. The van der Waals surface area contributed by atoms with Crippen molar-refractivity contribution in [3.8, 4) is 0 Å². The molecule has 0 saturated carbocycles. The zero-order chi connectivity index (χ0) is 12.3. The van der Waals surface area contributed by atoms with Crippen LogP contribution in [0.15, 0.2) is 30.9 Å². The standard InChI is InChI=1S/C10H9F3N2O/c1-2-9(16)15-8-4-6(10(11,12)13)3-7(14)5-8/h2-5H,1,14H2,(H,15,16). The van der Waals surface area contributed by atoms with Gasteiger partial charge in [0, 0.05) is 11.4 Å². The number of benzene rings is 1. The molecular weight excluding hydrogens is 221 g/mol. The maximum Gasteiger partial charge on any atom is 0.416 e. The second-order valence-corrected chi connectivity index (χ2v) is 3.03. The van der Waals surface area contributed by atoms with Crippen molar-refractivity contribution in [2.45, 2.75) is 6.18 Å². The topological polar surface area (TPSA) is 55.1 Å². The molecule has 1 aromatic carbocycles. The lowest BCUT2D eigenvalue weighted by atomic mass is 10.1. The Labute approximate surface area is 89.7 Å². The Balaban J connectivity index is 3.08. The summed E-state index contributed by atoms with van der Waals surface area (Å²) in [7, 11) is 0. The van der Waals surface area contributed by atoms with Gasteiger partial charge in [-0.25, -0.2) is 0 Å².